The van der Waals surface area contributed by atoms with E-state index in [4.69, 9.17) is 5.84 Å². The van der Waals surface area contributed by atoms with Crippen LogP contribution >= 0.6 is 0 Å². The zero-order chi connectivity index (χ0) is 13.0. The van der Waals surface area contributed by atoms with Crippen molar-refractivity contribution < 1.29 is 4.79 Å². The van der Waals surface area contributed by atoms with Crippen molar-refractivity contribution in [2.24, 2.45) is 5.84 Å². The highest BCUT2D eigenvalue weighted by molar-refractivity contribution is 5.92. The van der Waals surface area contributed by atoms with Crippen LogP contribution in [-0.2, 0) is 0 Å². The van der Waals surface area contributed by atoms with E-state index >= 15 is 0 Å². The van der Waals surface area contributed by atoms with Crippen molar-refractivity contribution in [3.05, 3.63) is 23.9 Å². The van der Waals surface area contributed by atoms with Crippen LogP contribution in [0.3, 0.4) is 0 Å². The van der Waals surface area contributed by atoms with E-state index in [1.165, 1.54) is 12.4 Å². The van der Waals surface area contributed by atoms with E-state index in [0.29, 0.717) is 11.6 Å². The molecule has 2 heterocycles. The highest BCUT2D eigenvalue weighted by Crippen LogP contribution is 2.05. The molecule has 10 heteroatoms. The second-order valence-corrected chi connectivity index (χ2v) is 3.40. The van der Waals surface area contributed by atoms with Crippen LogP contribution in [0.15, 0.2) is 12.4 Å². The first kappa shape index (κ1) is 11.9. The Kier molecular flexibility index (Phi) is 3.38. The van der Waals surface area contributed by atoms with Crippen LogP contribution in [0.4, 0.5) is 5.82 Å². The molecular formula is C8H11N9O. The van der Waals surface area contributed by atoms with Gasteiger partial charge in [-0.2, -0.15) is 5.21 Å². The third-order valence-corrected chi connectivity index (χ3v) is 2.13. The fraction of sp³-hybridized carbons (Fsp3) is 0.250. The molecule has 0 aliphatic heterocycles. The van der Waals surface area contributed by atoms with E-state index < -0.39 is 0 Å². The lowest BCUT2D eigenvalue weighted by molar-refractivity contribution is 0.0933. The highest BCUT2D eigenvalue weighted by atomic mass is 16.2. The SMILES string of the molecule is CC(NC(=O)c1cnc(NN)cn1)c1nn[nH]n1. The molecule has 0 aliphatic carbocycles. The van der Waals surface area contributed by atoms with Crippen molar-refractivity contribution in [1.29, 1.82) is 0 Å². The molecule has 5 N–H and O–H groups in total. The van der Waals surface area contributed by atoms with E-state index in [0.717, 1.165) is 0 Å². The average molecular weight is 249 g/mol. The van der Waals surface area contributed by atoms with Crippen molar-refractivity contribution in [2.45, 2.75) is 13.0 Å². The van der Waals surface area contributed by atoms with Crippen LogP contribution < -0.4 is 16.6 Å². The molecule has 0 aromatic carbocycles. The number of nitrogen functional groups attached to an aromatic ring is 1. The Balaban J connectivity index is 2.03. The van der Waals surface area contributed by atoms with Gasteiger partial charge < -0.3 is 10.7 Å². The van der Waals surface area contributed by atoms with Crippen molar-refractivity contribution >= 4 is 11.7 Å². The van der Waals surface area contributed by atoms with Gasteiger partial charge in [-0.3, -0.25) is 4.79 Å². The lowest BCUT2D eigenvalue weighted by Crippen LogP contribution is -2.28. The summed E-state index contributed by atoms with van der Waals surface area (Å²) in [6, 6.07) is -0.384. The van der Waals surface area contributed by atoms with Gasteiger partial charge in [0.05, 0.1) is 18.4 Å². The molecule has 1 unspecified atom stereocenters. The fourth-order valence-electron chi connectivity index (χ4n) is 1.21. The predicted molar refractivity (Wildman–Crippen MR) is 59.9 cm³/mol. The third kappa shape index (κ3) is 2.55. The van der Waals surface area contributed by atoms with Gasteiger partial charge in [0.25, 0.3) is 5.91 Å². The minimum absolute atomic E-state index is 0.171. The summed E-state index contributed by atoms with van der Waals surface area (Å²) in [7, 11) is 0. The topological polar surface area (TPSA) is 147 Å². The first-order chi connectivity index (χ1) is 8.70. The van der Waals surface area contributed by atoms with Crippen LogP contribution in [0.25, 0.3) is 0 Å². The number of hydrogen-bond acceptors (Lipinski definition) is 8. The second kappa shape index (κ2) is 5.14. The largest absolute Gasteiger partial charge is 0.341 e. The van der Waals surface area contributed by atoms with Gasteiger partial charge in [0.15, 0.2) is 11.6 Å². The zero-order valence-corrected chi connectivity index (χ0v) is 9.45. The summed E-state index contributed by atoms with van der Waals surface area (Å²) in [5.74, 6) is 5.51. The first-order valence-electron chi connectivity index (χ1n) is 5.03. The molecule has 2 aromatic heterocycles. The molecule has 2 rings (SSSR count). The van der Waals surface area contributed by atoms with Crippen molar-refractivity contribution in [3.63, 3.8) is 0 Å². The Morgan fingerprint density at radius 2 is 2.28 bits per heavy atom. The van der Waals surface area contributed by atoms with Crippen molar-refractivity contribution in [3.8, 4) is 0 Å². The monoisotopic (exact) mass is 249 g/mol. The molecular weight excluding hydrogens is 238 g/mol. The maximum absolute atomic E-state index is 11.8. The average Bonchev–Trinajstić information content (AvgIpc) is 2.92. The second-order valence-electron chi connectivity index (χ2n) is 3.40. The van der Waals surface area contributed by atoms with Gasteiger partial charge in [-0.05, 0) is 6.92 Å². The van der Waals surface area contributed by atoms with E-state index in [9.17, 15) is 4.79 Å². The summed E-state index contributed by atoms with van der Waals surface area (Å²) in [5.41, 5.74) is 2.49. The molecule has 0 saturated carbocycles. The number of tetrazole rings is 1. The number of nitrogens with zero attached hydrogens (tertiary/aromatic N) is 5. The lowest BCUT2D eigenvalue weighted by atomic mass is 10.3. The summed E-state index contributed by atoms with van der Waals surface area (Å²) in [6.45, 7) is 1.73. The van der Waals surface area contributed by atoms with Gasteiger partial charge in [-0.1, -0.05) is 5.21 Å². The van der Waals surface area contributed by atoms with Gasteiger partial charge in [0.1, 0.15) is 5.69 Å². The number of hydrazine groups is 1. The van der Waals surface area contributed by atoms with Gasteiger partial charge in [-0.15, -0.1) is 10.2 Å². The minimum Gasteiger partial charge on any atom is -0.341 e. The summed E-state index contributed by atoms with van der Waals surface area (Å²) >= 11 is 0. The number of carbonyl (C=O) groups is 1. The zero-order valence-electron chi connectivity index (χ0n) is 9.45. The number of nitrogens with one attached hydrogen (secondary N) is 3. The van der Waals surface area contributed by atoms with Gasteiger partial charge >= 0.3 is 0 Å². The third-order valence-electron chi connectivity index (χ3n) is 2.13. The number of carbonyl (C=O) groups excluding carboxylic acids is 1. The summed E-state index contributed by atoms with van der Waals surface area (Å²) in [6.07, 6.45) is 2.67. The fourth-order valence-corrected chi connectivity index (χ4v) is 1.21. The highest BCUT2D eigenvalue weighted by Gasteiger charge is 2.15. The molecule has 0 bridgehead atoms. The van der Waals surface area contributed by atoms with E-state index in [1.807, 2.05) is 0 Å². The van der Waals surface area contributed by atoms with Crippen LogP contribution in [0, 0.1) is 0 Å². The Morgan fingerprint density at radius 3 is 2.83 bits per heavy atom. The number of rotatable bonds is 4. The maximum Gasteiger partial charge on any atom is 0.272 e. The Morgan fingerprint density at radius 1 is 1.44 bits per heavy atom. The summed E-state index contributed by atoms with van der Waals surface area (Å²) < 4.78 is 0. The van der Waals surface area contributed by atoms with Crippen LogP contribution in [-0.4, -0.2) is 36.5 Å². The number of nitrogens with two attached hydrogens (primary N) is 1. The number of aromatic nitrogens is 6. The van der Waals surface area contributed by atoms with Crippen LogP contribution in [0.5, 0.6) is 0 Å². The molecule has 1 atom stereocenters. The summed E-state index contributed by atoms with van der Waals surface area (Å²) in [5, 5.41) is 15.9. The Bertz CT molecular complexity index is 508. The maximum atomic E-state index is 11.8. The van der Waals surface area contributed by atoms with Crippen LogP contribution in [0.2, 0.25) is 0 Å². The molecule has 2 aromatic rings. The lowest BCUT2D eigenvalue weighted by Gasteiger charge is -2.09. The van der Waals surface area contributed by atoms with Crippen molar-refractivity contribution in [2.75, 3.05) is 5.43 Å². The van der Waals surface area contributed by atoms with E-state index in [-0.39, 0.29) is 17.6 Å². The van der Waals surface area contributed by atoms with Crippen LogP contribution in [0.1, 0.15) is 29.3 Å². The molecule has 18 heavy (non-hydrogen) atoms. The summed E-state index contributed by atoms with van der Waals surface area (Å²) in [4.78, 5) is 19.6. The van der Waals surface area contributed by atoms with Gasteiger partial charge in [0, 0.05) is 0 Å². The number of H-pyrrole nitrogens is 1. The number of amides is 1. The molecule has 10 nitrogen and oxygen atoms in total. The number of hydrogen-bond donors (Lipinski definition) is 4. The van der Waals surface area contributed by atoms with E-state index in [1.54, 1.807) is 6.92 Å². The molecule has 1 amide bonds. The van der Waals surface area contributed by atoms with E-state index in [2.05, 4.69) is 41.3 Å². The molecule has 0 saturated heterocycles. The Hall–Kier alpha value is -2.62. The smallest absolute Gasteiger partial charge is 0.272 e. The normalized spacial score (nSPS) is 11.9. The molecule has 0 aliphatic rings. The number of anilines is 1. The standard InChI is InChI=1S/C8H11N9O/c1-4(7-14-16-17-15-7)12-8(18)5-2-11-6(13-9)3-10-5/h2-4H,9H2,1H3,(H,11,13)(H,12,18)(H,14,15,16,17). The minimum atomic E-state index is -0.386. The number of aromatic amines is 1. The molecule has 94 valence electrons. The van der Waals surface area contributed by atoms with Gasteiger partial charge in [0.2, 0.25) is 0 Å². The Labute approximate surface area is 101 Å². The van der Waals surface area contributed by atoms with Gasteiger partial charge in [-0.25, -0.2) is 15.8 Å². The molecule has 0 radical (unpaired) electrons. The molecule has 0 spiro atoms. The first-order valence-corrected chi connectivity index (χ1v) is 5.03. The quantitative estimate of drug-likeness (QED) is 0.388. The predicted octanol–water partition coefficient (Wildman–Crippen LogP) is -1.23. The van der Waals surface area contributed by atoms with Crippen molar-refractivity contribution in [1.82, 2.24) is 35.9 Å². The molecule has 0 fully saturated rings.